The second kappa shape index (κ2) is 5.74. The molecule has 1 aromatic rings. The van der Waals surface area contributed by atoms with Gasteiger partial charge in [-0.1, -0.05) is 49.7 Å². The van der Waals surface area contributed by atoms with Crippen molar-refractivity contribution < 1.29 is 9.47 Å². The standard InChI is InChI=1S/C16H23BrO2/c1-11-9-18-14-6-5-12(7-15(14)19-10-11)13(17)8-16(2,3)4/h5-7,11,13H,8-10H2,1-4H3. The molecule has 2 nitrogen and oxygen atoms in total. The van der Waals surface area contributed by atoms with Gasteiger partial charge in [0.2, 0.25) is 0 Å². The summed E-state index contributed by atoms with van der Waals surface area (Å²) in [5, 5.41) is 0. The Morgan fingerprint density at radius 1 is 1.21 bits per heavy atom. The molecule has 0 bridgehead atoms. The van der Waals surface area contributed by atoms with Gasteiger partial charge < -0.3 is 9.47 Å². The summed E-state index contributed by atoms with van der Waals surface area (Å²) in [4.78, 5) is 0.349. The van der Waals surface area contributed by atoms with Crippen molar-refractivity contribution >= 4 is 15.9 Å². The second-order valence-electron chi connectivity index (χ2n) is 6.67. The minimum Gasteiger partial charge on any atom is -0.489 e. The second-order valence-corrected chi connectivity index (χ2v) is 7.77. The first-order valence-electron chi connectivity index (χ1n) is 6.89. The Balaban J connectivity index is 2.17. The van der Waals surface area contributed by atoms with E-state index in [1.807, 2.05) is 6.07 Å². The van der Waals surface area contributed by atoms with E-state index in [1.165, 1.54) is 5.56 Å². The Morgan fingerprint density at radius 2 is 1.84 bits per heavy atom. The van der Waals surface area contributed by atoms with Crippen molar-refractivity contribution in [2.75, 3.05) is 13.2 Å². The quantitative estimate of drug-likeness (QED) is 0.714. The zero-order chi connectivity index (χ0) is 14.0. The predicted octanol–water partition coefficient (Wildman–Crippen LogP) is 4.97. The van der Waals surface area contributed by atoms with Crippen molar-refractivity contribution in [3.05, 3.63) is 23.8 Å². The molecule has 0 amide bonds. The molecular weight excluding hydrogens is 304 g/mol. The van der Waals surface area contributed by atoms with Gasteiger partial charge in [0.15, 0.2) is 11.5 Å². The fourth-order valence-electron chi connectivity index (χ4n) is 2.12. The molecule has 0 aliphatic carbocycles. The van der Waals surface area contributed by atoms with Gasteiger partial charge in [0.25, 0.3) is 0 Å². The van der Waals surface area contributed by atoms with Crippen LogP contribution in [0.2, 0.25) is 0 Å². The fraction of sp³-hybridized carbons (Fsp3) is 0.625. The molecule has 0 aromatic heterocycles. The first-order valence-corrected chi connectivity index (χ1v) is 7.80. The van der Waals surface area contributed by atoms with Gasteiger partial charge in [0.05, 0.1) is 13.2 Å². The van der Waals surface area contributed by atoms with Crippen LogP contribution in [-0.4, -0.2) is 13.2 Å². The Hall–Kier alpha value is -0.700. The lowest BCUT2D eigenvalue weighted by Crippen LogP contribution is -2.12. The SMILES string of the molecule is CC1COc2ccc(C(Br)CC(C)(C)C)cc2OC1. The molecule has 0 saturated carbocycles. The number of hydrogen-bond donors (Lipinski definition) is 0. The van der Waals surface area contributed by atoms with Crippen molar-refractivity contribution in [3.8, 4) is 11.5 Å². The van der Waals surface area contributed by atoms with Gasteiger partial charge >= 0.3 is 0 Å². The van der Waals surface area contributed by atoms with Crippen LogP contribution in [0, 0.1) is 11.3 Å². The maximum atomic E-state index is 5.84. The predicted molar refractivity (Wildman–Crippen MR) is 82.3 cm³/mol. The molecule has 2 unspecified atom stereocenters. The molecule has 2 rings (SSSR count). The summed E-state index contributed by atoms with van der Waals surface area (Å²) in [6, 6.07) is 6.27. The highest BCUT2D eigenvalue weighted by atomic mass is 79.9. The number of fused-ring (bicyclic) bond motifs is 1. The van der Waals surface area contributed by atoms with E-state index >= 15 is 0 Å². The highest BCUT2D eigenvalue weighted by Crippen LogP contribution is 2.39. The van der Waals surface area contributed by atoms with Crippen LogP contribution in [0.5, 0.6) is 11.5 Å². The summed E-state index contributed by atoms with van der Waals surface area (Å²) in [6.07, 6.45) is 1.09. The topological polar surface area (TPSA) is 18.5 Å². The van der Waals surface area contributed by atoms with Crippen LogP contribution in [0.4, 0.5) is 0 Å². The van der Waals surface area contributed by atoms with Crippen LogP contribution in [0.25, 0.3) is 0 Å². The van der Waals surface area contributed by atoms with Gasteiger partial charge in [-0.05, 0) is 29.5 Å². The molecule has 2 atom stereocenters. The van der Waals surface area contributed by atoms with E-state index in [0.29, 0.717) is 16.2 Å². The molecule has 3 heteroatoms. The molecule has 106 valence electrons. The first-order chi connectivity index (χ1) is 8.85. The van der Waals surface area contributed by atoms with Gasteiger partial charge in [-0.15, -0.1) is 0 Å². The molecular formula is C16H23BrO2. The van der Waals surface area contributed by atoms with Crippen molar-refractivity contribution in [1.29, 1.82) is 0 Å². The minimum absolute atomic E-state index is 0.298. The van der Waals surface area contributed by atoms with Crippen LogP contribution >= 0.6 is 15.9 Å². The lowest BCUT2D eigenvalue weighted by atomic mass is 9.88. The molecule has 0 radical (unpaired) electrons. The molecule has 0 spiro atoms. The number of ether oxygens (including phenoxy) is 2. The summed E-state index contributed by atoms with van der Waals surface area (Å²) in [6.45, 7) is 10.4. The Labute approximate surface area is 124 Å². The van der Waals surface area contributed by atoms with E-state index < -0.39 is 0 Å². The Bertz CT molecular complexity index is 437. The third-order valence-electron chi connectivity index (χ3n) is 3.17. The van der Waals surface area contributed by atoms with Crippen LogP contribution < -0.4 is 9.47 Å². The van der Waals surface area contributed by atoms with Gasteiger partial charge in [0.1, 0.15) is 0 Å². The zero-order valence-electron chi connectivity index (χ0n) is 12.2. The third kappa shape index (κ3) is 4.13. The number of rotatable bonds is 2. The number of benzene rings is 1. The molecule has 1 aliphatic rings. The van der Waals surface area contributed by atoms with E-state index in [-0.39, 0.29) is 0 Å². The van der Waals surface area contributed by atoms with Gasteiger partial charge in [0, 0.05) is 10.7 Å². The van der Waals surface area contributed by atoms with Gasteiger partial charge in [-0.2, -0.15) is 0 Å². The Morgan fingerprint density at radius 3 is 2.47 bits per heavy atom. The number of halogens is 1. The molecule has 19 heavy (non-hydrogen) atoms. The van der Waals surface area contributed by atoms with Gasteiger partial charge in [-0.3, -0.25) is 0 Å². The lowest BCUT2D eigenvalue weighted by molar-refractivity contribution is 0.228. The van der Waals surface area contributed by atoms with Crippen LogP contribution in [0.15, 0.2) is 18.2 Å². The average molecular weight is 327 g/mol. The van der Waals surface area contributed by atoms with Crippen LogP contribution in [0.3, 0.4) is 0 Å². The van der Waals surface area contributed by atoms with E-state index in [1.54, 1.807) is 0 Å². The number of alkyl halides is 1. The smallest absolute Gasteiger partial charge is 0.161 e. The molecule has 0 fully saturated rings. The lowest BCUT2D eigenvalue weighted by Gasteiger charge is -2.22. The fourth-order valence-corrected chi connectivity index (χ4v) is 3.38. The van der Waals surface area contributed by atoms with E-state index in [4.69, 9.17) is 9.47 Å². The highest BCUT2D eigenvalue weighted by molar-refractivity contribution is 9.09. The van der Waals surface area contributed by atoms with Crippen molar-refractivity contribution in [2.24, 2.45) is 11.3 Å². The first kappa shape index (κ1) is 14.7. The molecule has 0 N–H and O–H groups in total. The van der Waals surface area contributed by atoms with E-state index in [9.17, 15) is 0 Å². The monoisotopic (exact) mass is 326 g/mol. The highest BCUT2D eigenvalue weighted by Gasteiger charge is 2.21. The minimum atomic E-state index is 0.298. The normalized spacial score (nSPS) is 20.8. The zero-order valence-corrected chi connectivity index (χ0v) is 13.8. The summed E-state index contributed by atoms with van der Waals surface area (Å²) >= 11 is 3.78. The summed E-state index contributed by atoms with van der Waals surface area (Å²) in [5.74, 6) is 2.17. The summed E-state index contributed by atoms with van der Waals surface area (Å²) in [7, 11) is 0. The van der Waals surface area contributed by atoms with Crippen LogP contribution in [0.1, 0.15) is 44.5 Å². The summed E-state index contributed by atoms with van der Waals surface area (Å²) < 4.78 is 11.6. The maximum Gasteiger partial charge on any atom is 0.161 e. The Kier molecular flexibility index (Phi) is 4.44. The third-order valence-corrected chi connectivity index (χ3v) is 4.02. The van der Waals surface area contributed by atoms with E-state index in [2.05, 4.69) is 55.8 Å². The van der Waals surface area contributed by atoms with Gasteiger partial charge in [-0.25, -0.2) is 0 Å². The average Bonchev–Trinajstić information content (AvgIpc) is 2.49. The van der Waals surface area contributed by atoms with E-state index in [0.717, 1.165) is 31.1 Å². The van der Waals surface area contributed by atoms with Crippen molar-refractivity contribution in [1.82, 2.24) is 0 Å². The summed E-state index contributed by atoms with van der Waals surface area (Å²) in [5.41, 5.74) is 1.55. The number of hydrogen-bond acceptors (Lipinski definition) is 2. The molecule has 0 saturated heterocycles. The maximum absolute atomic E-state index is 5.84. The molecule has 1 aromatic carbocycles. The largest absolute Gasteiger partial charge is 0.489 e. The molecule has 1 heterocycles. The molecule has 1 aliphatic heterocycles. The van der Waals surface area contributed by atoms with Crippen molar-refractivity contribution in [3.63, 3.8) is 0 Å². The van der Waals surface area contributed by atoms with Crippen molar-refractivity contribution in [2.45, 2.75) is 38.9 Å². The van der Waals surface area contributed by atoms with Crippen LogP contribution in [-0.2, 0) is 0 Å².